The summed E-state index contributed by atoms with van der Waals surface area (Å²) in [5.41, 5.74) is 2.81. The highest BCUT2D eigenvalue weighted by atomic mass is 32.2. The molecule has 0 saturated carbocycles. The van der Waals surface area contributed by atoms with Gasteiger partial charge in [0.15, 0.2) is 0 Å². The molecule has 6 heteroatoms. The summed E-state index contributed by atoms with van der Waals surface area (Å²) in [5.74, 6) is -0.243. The third-order valence-electron chi connectivity index (χ3n) is 5.29. The number of halogens is 1. The van der Waals surface area contributed by atoms with Gasteiger partial charge < -0.3 is 14.5 Å². The lowest BCUT2D eigenvalue weighted by Crippen LogP contribution is -2.46. The van der Waals surface area contributed by atoms with Crippen molar-refractivity contribution in [2.45, 2.75) is 39.7 Å². The van der Waals surface area contributed by atoms with E-state index in [2.05, 4.69) is 30.5 Å². The average Bonchev–Trinajstić information content (AvgIpc) is 2.75. The van der Waals surface area contributed by atoms with Crippen LogP contribution in [0.2, 0.25) is 0 Å². The van der Waals surface area contributed by atoms with E-state index < -0.39 is 0 Å². The number of anilines is 1. The van der Waals surface area contributed by atoms with Crippen LogP contribution in [0.1, 0.15) is 44.0 Å². The summed E-state index contributed by atoms with van der Waals surface area (Å²) in [4.78, 5) is 17.4. The Bertz CT molecular complexity index is 813. The van der Waals surface area contributed by atoms with E-state index in [0.29, 0.717) is 17.8 Å². The van der Waals surface area contributed by atoms with Gasteiger partial charge in [0.05, 0.1) is 5.69 Å². The second-order valence-electron chi connectivity index (χ2n) is 7.49. The molecule has 0 aliphatic carbocycles. The molecule has 0 saturated heterocycles. The third-order valence-corrected chi connectivity index (χ3v) is 5.71. The fourth-order valence-corrected chi connectivity index (χ4v) is 4.09. The van der Waals surface area contributed by atoms with Crippen LogP contribution in [-0.4, -0.2) is 54.7 Å². The minimum atomic E-state index is -0.291. The fraction of sp³-hybridized carbons (Fsp3) is 0.458. The molecule has 1 amide bonds. The highest BCUT2D eigenvalue weighted by Crippen LogP contribution is 2.26. The smallest absolute Gasteiger partial charge is 0.254 e. The van der Waals surface area contributed by atoms with E-state index in [4.69, 9.17) is 0 Å². The minimum Gasteiger partial charge on any atom is -0.335 e. The summed E-state index contributed by atoms with van der Waals surface area (Å²) < 4.78 is 17.2. The lowest BCUT2D eigenvalue weighted by atomic mass is 10.0. The van der Waals surface area contributed by atoms with Crippen molar-refractivity contribution in [2.24, 2.45) is 0 Å². The van der Waals surface area contributed by atoms with Crippen molar-refractivity contribution < 1.29 is 9.18 Å². The van der Waals surface area contributed by atoms with Crippen molar-refractivity contribution in [1.82, 2.24) is 9.80 Å². The first-order chi connectivity index (χ1) is 14.4. The van der Waals surface area contributed by atoms with Crippen LogP contribution < -0.4 is 4.72 Å². The van der Waals surface area contributed by atoms with E-state index in [9.17, 15) is 9.18 Å². The van der Waals surface area contributed by atoms with Gasteiger partial charge in [-0.3, -0.25) is 4.79 Å². The Labute approximate surface area is 185 Å². The molecule has 2 rings (SSSR count). The summed E-state index contributed by atoms with van der Waals surface area (Å²) in [5, 5.41) is 0. The molecule has 0 heterocycles. The molecule has 30 heavy (non-hydrogen) atoms. The van der Waals surface area contributed by atoms with Crippen molar-refractivity contribution in [2.75, 3.05) is 37.7 Å². The number of likely N-dealkylation sites (N-methyl/N-ethyl adjacent to an activating group) is 2. The number of hydrogen-bond acceptors (Lipinski definition) is 4. The molecule has 0 bridgehead atoms. The van der Waals surface area contributed by atoms with Gasteiger partial charge in [0.2, 0.25) is 0 Å². The zero-order valence-corrected chi connectivity index (χ0v) is 19.6. The summed E-state index contributed by atoms with van der Waals surface area (Å²) in [6.45, 7) is 8.90. The second kappa shape index (κ2) is 12.0. The molecule has 1 unspecified atom stereocenters. The number of nitrogens with zero attached hydrogens (tertiary/aromatic N) is 2. The highest BCUT2D eigenvalue weighted by Gasteiger charge is 2.23. The molecule has 1 N–H and O–H groups in total. The minimum absolute atomic E-state index is 0.0477. The van der Waals surface area contributed by atoms with Crippen LogP contribution in [0.25, 0.3) is 11.1 Å². The Kier molecular flexibility index (Phi) is 9.66. The van der Waals surface area contributed by atoms with Crippen molar-refractivity contribution in [3.8, 4) is 11.1 Å². The fourth-order valence-electron chi connectivity index (χ4n) is 3.71. The van der Waals surface area contributed by atoms with Gasteiger partial charge in [0.1, 0.15) is 5.82 Å². The van der Waals surface area contributed by atoms with Crippen molar-refractivity contribution in [3.63, 3.8) is 0 Å². The van der Waals surface area contributed by atoms with E-state index >= 15 is 0 Å². The molecular formula is C24H34FN3OS. The van der Waals surface area contributed by atoms with E-state index in [1.807, 2.05) is 48.4 Å². The lowest BCUT2D eigenvalue weighted by Gasteiger charge is -2.33. The maximum Gasteiger partial charge on any atom is 0.254 e. The topological polar surface area (TPSA) is 35.6 Å². The number of carbonyl (C=O) groups excluding carboxylic acids is 1. The number of hydrogen-bond donors (Lipinski definition) is 1. The first-order valence-electron chi connectivity index (χ1n) is 10.6. The maximum absolute atomic E-state index is 14.2. The van der Waals surface area contributed by atoms with Crippen LogP contribution in [-0.2, 0) is 0 Å². The van der Waals surface area contributed by atoms with E-state index in [0.717, 1.165) is 37.1 Å². The Morgan fingerprint density at radius 1 is 1.10 bits per heavy atom. The molecule has 0 fully saturated rings. The molecule has 2 aromatic carbocycles. The van der Waals surface area contributed by atoms with Gasteiger partial charge in [-0.05, 0) is 68.8 Å². The van der Waals surface area contributed by atoms with Crippen LogP contribution in [0.3, 0.4) is 0 Å². The lowest BCUT2D eigenvalue weighted by molar-refractivity contribution is 0.0646. The van der Waals surface area contributed by atoms with Crippen LogP contribution in [0.5, 0.6) is 0 Å². The van der Waals surface area contributed by atoms with Gasteiger partial charge in [-0.1, -0.05) is 44.0 Å². The molecule has 2 aromatic rings. The van der Waals surface area contributed by atoms with Crippen molar-refractivity contribution in [3.05, 3.63) is 53.8 Å². The SMILES string of the molecule is CCCN(C)CC(CC)N(CC)C(=O)c1ccc(-c2ccc(NSC)c(F)c2)cc1. The predicted octanol–water partition coefficient (Wildman–Crippen LogP) is 5.77. The number of amides is 1. The molecule has 0 spiro atoms. The number of rotatable bonds is 11. The monoisotopic (exact) mass is 431 g/mol. The summed E-state index contributed by atoms with van der Waals surface area (Å²) in [6.07, 6.45) is 3.87. The standard InChI is InChI=1S/C24H34FN3OS/c1-6-15-27(4)17-21(7-2)28(8-3)24(29)19-11-9-18(10-12-19)20-13-14-23(26-30-5)22(25)16-20/h9-14,16,21,26H,6-8,15,17H2,1-5H3. The quantitative estimate of drug-likeness (QED) is 0.459. The normalized spacial score (nSPS) is 12.1. The number of nitrogens with one attached hydrogen (secondary N) is 1. The molecule has 0 aromatic heterocycles. The molecule has 1 atom stereocenters. The molecule has 0 aliphatic rings. The van der Waals surface area contributed by atoms with Crippen molar-refractivity contribution >= 4 is 23.5 Å². The second-order valence-corrected chi connectivity index (χ2v) is 8.11. The Balaban J connectivity index is 2.17. The Hall–Kier alpha value is -2.05. The summed E-state index contributed by atoms with van der Waals surface area (Å²) in [7, 11) is 2.11. The van der Waals surface area contributed by atoms with Gasteiger partial charge in [0, 0.05) is 31.0 Å². The Morgan fingerprint density at radius 2 is 1.77 bits per heavy atom. The zero-order valence-electron chi connectivity index (χ0n) is 18.7. The number of benzene rings is 2. The van der Waals surface area contributed by atoms with Crippen LogP contribution in [0, 0.1) is 5.82 Å². The summed E-state index contributed by atoms with van der Waals surface area (Å²) in [6, 6.07) is 12.8. The van der Waals surface area contributed by atoms with E-state index in [1.165, 1.54) is 18.0 Å². The maximum atomic E-state index is 14.2. The Morgan fingerprint density at radius 3 is 2.30 bits per heavy atom. The molecule has 0 radical (unpaired) electrons. The molecule has 0 aliphatic heterocycles. The van der Waals surface area contributed by atoms with Crippen molar-refractivity contribution in [1.29, 1.82) is 0 Å². The van der Waals surface area contributed by atoms with Gasteiger partial charge >= 0.3 is 0 Å². The van der Waals surface area contributed by atoms with E-state index in [-0.39, 0.29) is 17.8 Å². The van der Waals surface area contributed by atoms with Gasteiger partial charge in [0.25, 0.3) is 5.91 Å². The van der Waals surface area contributed by atoms with Gasteiger partial charge in [-0.2, -0.15) is 0 Å². The first kappa shape index (κ1) is 24.2. The highest BCUT2D eigenvalue weighted by molar-refractivity contribution is 7.99. The van der Waals surface area contributed by atoms with Gasteiger partial charge in [-0.15, -0.1) is 0 Å². The number of carbonyl (C=O) groups is 1. The molecular weight excluding hydrogens is 397 g/mol. The van der Waals surface area contributed by atoms with Crippen LogP contribution >= 0.6 is 11.9 Å². The summed E-state index contributed by atoms with van der Waals surface area (Å²) >= 11 is 1.36. The van der Waals surface area contributed by atoms with Crippen LogP contribution in [0.15, 0.2) is 42.5 Å². The molecule has 164 valence electrons. The predicted molar refractivity (Wildman–Crippen MR) is 128 cm³/mol. The van der Waals surface area contributed by atoms with E-state index in [1.54, 1.807) is 6.07 Å². The van der Waals surface area contributed by atoms with Gasteiger partial charge in [-0.25, -0.2) is 4.39 Å². The largest absolute Gasteiger partial charge is 0.335 e. The molecule has 4 nitrogen and oxygen atoms in total. The first-order valence-corrected chi connectivity index (χ1v) is 11.9. The third kappa shape index (κ3) is 6.22. The average molecular weight is 432 g/mol. The van der Waals surface area contributed by atoms with Crippen LogP contribution in [0.4, 0.5) is 10.1 Å². The zero-order chi connectivity index (χ0) is 22.1.